The maximum atomic E-state index is 11.5. The van der Waals surface area contributed by atoms with Crippen molar-refractivity contribution in [2.45, 2.75) is 33.0 Å². The lowest BCUT2D eigenvalue weighted by Crippen LogP contribution is -2.27. The largest absolute Gasteiger partial charge is 0.443 e. The molecule has 14 heavy (non-hydrogen) atoms. The highest BCUT2D eigenvalue weighted by molar-refractivity contribution is 5.71. The molecule has 0 spiro atoms. The van der Waals surface area contributed by atoms with Crippen LogP contribution in [-0.4, -0.2) is 31.6 Å². The van der Waals surface area contributed by atoms with Crippen LogP contribution in [0.3, 0.4) is 0 Å². The first-order valence-corrected chi connectivity index (χ1v) is 4.17. The van der Waals surface area contributed by atoms with Crippen LogP contribution in [0.15, 0.2) is 6.33 Å². The van der Waals surface area contributed by atoms with Crippen molar-refractivity contribution in [2.24, 2.45) is 0 Å². The number of aromatic nitrogens is 3. The third-order valence-electron chi connectivity index (χ3n) is 1.35. The summed E-state index contributed by atoms with van der Waals surface area (Å²) in [5.74, 6) is 0.166. The minimum Gasteiger partial charge on any atom is -0.443 e. The van der Waals surface area contributed by atoms with E-state index in [9.17, 15) is 4.79 Å². The predicted molar refractivity (Wildman–Crippen MR) is 47.6 cm³/mol. The lowest BCUT2D eigenvalue weighted by atomic mass is 10.2. The second kappa shape index (κ2) is 3.75. The van der Waals surface area contributed by atoms with E-state index in [0.29, 0.717) is 0 Å². The van der Waals surface area contributed by atoms with Crippen LogP contribution in [0.2, 0.25) is 0 Å². The summed E-state index contributed by atoms with van der Waals surface area (Å²) in [6.45, 7) is 4.93. The van der Waals surface area contributed by atoms with Crippen LogP contribution in [-0.2, 0) is 11.3 Å². The van der Waals surface area contributed by atoms with Crippen LogP contribution < -0.4 is 0 Å². The van der Waals surface area contributed by atoms with Gasteiger partial charge in [0, 0.05) is 0 Å². The van der Waals surface area contributed by atoms with E-state index >= 15 is 0 Å². The Labute approximate surface area is 81.5 Å². The Bertz CT molecular complexity index is 327. The molecule has 0 unspecified atom stereocenters. The van der Waals surface area contributed by atoms with Crippen molar-refractivity contribution in [3.63, 3.8) is 0 Å². The summed E-state index contributed by atoms with van der Waals surface area (Å²) in [6, 6.07) is 0. The fraction of sp³-hybridized carbons (Fsp3) is 0.625. The van der Waals surface area contributed by atoms with E-state index in [0.717, 1.165) is 4.57 Å². The van der Waals surface area contributed by atoms with Crippen LogP contribution >= 0.6 is 0 Å². The van der Waals surface area contributed by atoms with Gasteiger partial charge in [-0.3, -0.25) is 0 Å². The third kappa shape index (κ3) is 2.53. The van der Waals surface area contributed by atoms with Gasteiger partial charge in [0.2, 0.25) is 0 Å². The molecule has 0 amide bonds. The predicted octanol–water partition coefficient (Wildman–Crippen LogP) is 0.554. The van der Waals surface area contributed by atoms with E-state index in [1.165, 1.54) is 6.33 Å². The van der Waals surface area contributed by atoms with Gasteiger partial charge in [-0.1, -0.05) is 0 Å². The molecule has 0 saturated heterocycles. The van der Waals surface area contributed by atoms with Gasteiger partial charge in [-0.05, 0) is 20.8 Å². The van der Waals surface area contributed by atoms with Gasteiger partial charge in [0.1, 0.15) is 18.5 Å². The van der Waals surface area contributed by atoms with Gasteiger partial charge in [0.15, 0.2) is 5.82 Å². The van der Waals surface area contributed by atoms with Crippen molar-refractivity contribution in [3.05, 3.63) is 12.2 Å². The molecule has 78 valence electrons. The Morgan fingerprint density at radius 2 is 2.29 bits per heavy atom. The highest BCUT2D eigenvalue weighted by Gasteiger charge is 2.19. The minimum atomic E-state index is -0.591. The van der Waals surface area contributed by atoms with Gasteiger partial charge in [-0.2, -0.15) is 0 Å². The zero-order valence-corrected chi connectivity index (χ0v) is 8.39. The normalized spacial score (nSPS) is 11.4. The number of nitrogens with zero attached hydrogens (tertiary/aromatic N) is 3. The third-order valence-corrected chi connectivity index (χ3v) is 1.35. The monoisotopic (exact) mass is 199 g/mol. The molecule has 0 aliphatic rings. The van der Waals surface area contributed by atoms with Crippen molar-refractivity contribution in [1.29, 1.82) is 0 Å². The molecule has 0 fully saturated rings. The lowest BCUT2D eigenvalue weighted by Gasteiger charge is -2.19. The second-order valence-corrected chi connectivity index (χ2v) is 3.76. The van der Waals surface area contributed by atoms with Crippen molar-refractivity contribution in [1.82, 2.24) is 14.8 Å². The van der Waals surface area contributed by atoms with Crippen LogP contribution in [0.25, 0.3) is 0 Å². The maximum Gasteiger partial charge on any atom is 0.421 e. The molecule has 1 aromatic heterocycles. The smallest absolute Gasteiger partial charge is 0.421 e. The molecule has 1 aromatic rings. The van der Waals surface area contributed by atoms with Gasteiger partial charge in [-0.25, -0.2) is 9.36 Å². The molecule has 0 radical (unpaired) electrons. The highest BCUT2D eigenvalue weighted by Crippen LogP contribution is 2.09. The zero-order valence-electron chi connectivity index (χ0n) is 8.39. The number of hydrogen-bond donors (Lipinski definition) is 1. The van der Waals surface area contributed by atoms with Crippen molar-refractivity contribution in [3.8, 4) is 0 Å². The van der Waals surface area contributed by atoms with Crippen molar-refractivity contribution in [2.75, 3.05) is 0 Å². The molecule has 0 aliphatic heterocycles. The number of aliphatic hydroxyl groups is 1. The molecule has 6 heteroatoms. The van der Waals surface area contributed by atoms with E-state index < -0.39 is 11.7 Å². The first kappa shape index (κ1) is 10.6. The summed E-state index contributed by atoms with van der Waals surface area (Å²) in [5.41, 5.74) is -0.575. The topological polar surface area (TPSA) is 77.2 Å². The Balaban J connectivity index is 2.80. The zero-order chi connectivity index (χ0) is 10.8. The SMILES string of the molecule is CC(C)(C)OC(=O)n1cnnc1CO. The molecule has 1 heterocycles. The average Bonchev–Trinajstić information content (AvgIpc) is 2.47. The Hall–Kier alpha value is -1.43. The summed E-state index contributed by atoms with van der Waals surface area (Å²) in [6.07, 6.45) is 0.617. The summed E-state index contributed by atoms with van der Waals surface area (Å²) in [4.78, 5) is 11.5. The fourth-order valence-corrected chi connectivity index (χ4v) is 0.830. The standard InChI is InChI=1S/C8H13N3O3/c1-8(2,3)14-7(13)11-5-9-10-6(11)4-12/h5,12H,4H2,1-3H3. The maximum absolute atomic E-state index is 11.5. The molecular weight excluding hydrogens is 186 g/mol. The summed E-state index contributed by atoms with van der Waals surface area (Å²) < 4.78 is 6.13. The minimum absolute atomic E-state index is 0.166. The van der Waals surface area contributed by atoms with Crippen LogP contribution in [0.1, 0.15) is 26.6 Å². The van der Waals surface area contributed by atoms with Gasteiger partial charge in [0.05, 0.1) is 0 Å². The Morgan fingerprint density at radius 3 is 2.79 bits per heavy atom. The van der Waals surface area contributed by atoms with Gasteiger partial charge >= 0.3 is 6.09 Å². The first-order valence-electron chi connectivity index (χ1n) is 4.17. The van der Waals surface area contributed by atoms with E-state index in [1.807, 2.05) is 0 Å². The molecule has 0 bridgehead atoms. The van der Waals surface area contributed by atoms with E-state index in [-0.39, 0.29) is 12.4 Å². The summed E-state index contributed by atoms with van der Waals surface area (Å²) in [5, 5.41) is 15.9. The highest BCUT2D eigenvalue weighted by atomic mass is 16.6. The molecular formula is C8H13N3O3. The number of aliphatic hydroxyl groups excluding tert-OH is 1. The van der Waals surface area contributed by atoms with E-state index in [1.54, 1.807) is 20.8 Å². The number of rotatable bonds is 1. The molecule has 1 rings (SSSR count). The quantitative estimate of drug-likeness (QED) is 0.714. The van der Waals surface area contributed by atoms with Crippen molar-refractivity contribution >= 4 is 6.09 Å². The van der Waals surface area contributed by atoms with E-state index in [4.69, 9.17) is 9.84 Å². The number of carbonyl (C=O) groups is 1. The first-order chi connectivity index (χ1) is 6.44. The molecule has 0 aromatic carbocycles. The lowest BCUT2D eigenvalue weighted by molar-refractivity contribution is 0.0524. The Morgan fingerprint density at radius 1 is 1.64 bits per heavy atom. The molecule has 0 saturated carbocycles. The molecule has 0 aliphatic carbocycles. The van der Waals surface area contributed by atoms with Crippen LogP contribution in [0.4, 0.5) is 4.79 Å². The second-order valence-electron chi connectivity index (χ2n) is 3.76. The van der Waals surface area contributed by atoms with Gasteiger partial charge in [-0.15, -0.1) is 10.2 Å². The fourth-order valence-electron chi connectivity index (χ4n) is 0.830. The van der Waals surface area contributed by atoms with Crippen LogP contribution in [0.5, 0.6) is 0 Å². The number of hydrogen-bond acceptors (Lipinski definition) is 5. The molecule has 0 atom stereocenters. The van der Waals surface area contributed by atoms with Crippen LogP contribution in [0, 0.1) is 0 Å². The van der Waals surface area contributed by atoms with E-state index in [2.05, 4.69) is 10.2 Å². The molecule has 6 nitrogen and oxygen atoms in total. The van der Waals surface area contributed by atoms with Gasteiger partial charge < -0.3 is 9.84 Å². The molecule has 1 N–H and O–H groups in total. The number of carbonyl (C=O) groups excluding carboxylic acids is 1. The summed E-state index contributed by atoms with van der Waals surface area (Å²) >= 11 is 0. The Kier molecular flexibility index (Phi) is 2.85. The summed E-state index contributed by atoms with van der Waals surface area (Å²) in [7, 11) is 0. The van der Waals surface area contributed by atoms with Gasteiger partial charge in [0.25, 0.3) is 0 Å². The average molecular weight is 199 g/mol. The number of ether oxygens (including phenoxy) is 1. The van der Waals surface area contributed by atoms with Crippen molar-refractivity contribution < 1.29 is 14.6 Å².